The highest BCUT2D eigenvalue weighted by Gasteiger charge is 2.35. The molecule has 3 aromatic rings. The lowest BCUT2D eigenvalue weighted by atomic mass is 9.78. The third-order valence-corrected chi connectivity index (χ3v) is 8.56. The summed E-state index contributed by atoms with van der Waals surface area (Å²) in [4.78, 5) is 57.3. The monoisotopic (exact) mass is 661 g/mol. The number of amides is 4. The van der Waals surface area contributed by atoms with Crippen molar-refractivity contribution < 1.29 is 29.4 Å². The van der Waals surface area contributed by atoms with Crippen LogP contribution in [0.1, 0.15) is 76.9 Å². The maximum Gasteiger partial charge on any atom is 0.270 e. The number of aliphatic hydroxyl groups is 2. The fourth-order valence-corrected chi connectivity index (χ4v) is 5.46. The molecule has 0 fully saturated rings. The lowest BCUT2D eigenvalue weighted by molar-refractivity contribution is -0.134. The molecule has 4 amide bonds. The molecule has 48 heavy (non-hydrogen) atoms. The minimum Gasteiger partial charge on any atom is -0.391 e. The maximum absolute atomic E-state index is 13.6. The van der Waals surface area contributed by atoms with Crippen LogP contribution in [-0.4, -0.2) is 75.7 Å². The zero-order valence-electron chi connectivity index (χ0n) is 28.8. The minimum atomic E-state index is -1.36. The Bertz CT molecular complexity index is 1520. The third-order valence-electron chi connectivity index (χ3n) is 8.56. The van der Waals surface area contributed by atoms with Crippen LogP contribution < -0.4 is 21.3 Å². The van der Waals surface area contributed by atoms with Gasteiger partial charge in [-0.3, -0.25) is 19.2 Å². The summed E-state index contributed by atoms with van der Waals surface area (Å²) in [5.41, 5.74) is 0.965. The summed E-state index contributed by atoms with van der Waals surface area (Å²) in [5.74, 6) is -2.62. The van der Waals surface area contributed by atoms with Crippen molar-refractivity contribution in [3.05, 3.63) is 78.0 Å². The van der Waals surface area contributed by atoms with E-state index >= 15 is 0 Å². The van der Waals surface area contributed by atoms with Crippen molar-refractivity contribution in [2.24, 2.45) is 11.3 Å². The average molecular weight is 662 g/mol. The molecular weight excluding hydrogens is 610 g/mol. The number of fused-ring (bicyclic) bond motifs is 1. The molecule has 0 spiro atoms. The molecule has 1 heterocycles. The standard InChI is InChI=1S/C37H51N5O6/c1-7-26(8-2)39-32(45)21-27(37(4,5)6)34(46)38-22-31(44)30(20-24-14-10-9-11-15-24)41-36(48)33(23(3)43)42-35(47)29-19-18-25-16-12-13-17-28(25)40-29/h9-19,23,26-27,30-31,33,43-44H,7-8,20-22H2,1-6H3,(H,38,46)(H,39,45)(H,41,48)(H,42,47)/t23-,27+,30+,31-,33+/m1/s1. The Kier molecular flexibility index (Phi) is 14.1. The number of nitrogens with one attached hydrogen (secondary N) is 4. The van der Waals surface area contributed by atoms with Crippen LogP contribution in [0.3, 0.4) is 0 Å². The van der Waals surface area contributed by atoms with Gasteiger partial charge in [0, 0.05) is 24.4 Å². The van der Waals surface area contributed by atoms with Gasteiger partial charge in [0.1, 0.15) is 11.7 Å². The largest absolute Gasteiger partial charge is 0.391 e. The van der Waals surface area contributed by atoms with Crippen LogP contribution in [0.4, 0.5) is 0 Å². The molecule has 0 saturated carbocycles. The van der Waals surface area contributed by atoms with Crippen LogP contribution in [0, 0.1) is 11.3 Å². The van der Waals surface area contributed by atoms with E-state index in [0.29, 0.717) is 5.52 Å². The summed E-state index contributed by atoms with van der Waals surface area (Å²) in [7, 11) is 0. The number of aliphatic hydroxyl groups excluding tert-OH is 2. The predicted octanol–water partition coefficient (Wildman–Crippen LogP) is 3.28. The van der Waals surface area contributed by atoms with Gasteiger partial charge in [0.2, 0.25) is 17.7 Å². The summed E-state index contributed by atoms with van der Waals surface area (Å²) in [6.45, 7) is 10.8. The van der Waals surface area contributed by atoms with Crippen LogP contribution in [-0.2, 0) is 20.8 Å². The zero-order valence-corrected chi connectivity index (χ0v) is 28.8. The number of pyridine rings is 1. The first-order valence-electron chi connectivity index (χ1n) is 16.7. The average Bonchev–Trinajstić information content (AvgIpc) is 3.06. The second-order valence-corrected chi connectivity index (χ2v) is 13.4. The number of hydrogen-bond acceptors (Lipinski definition) is 7. The lowest BCUT2D eigenvalue weighted by Crippen LogP contribution is -2.58. The minimum absolute atomic E-state index is 0.00601. The number of rotatable bonds is 16. The van der Waals surface area contributed by atoms with Gasteiger partial charge in [-0.25, -0.2) is 4.98 Å². The fourth-order valence-electron chi connectivity index (χ4n) is 5.46. The van der Waals surface area contributed by atoms with Gasteiger partial charge in [-0.05, 0) is 49.3 Å². The van der Waals surface area contributed by atoms with Gasteiger partial charge in [-0.1, -0.05) is 89.2 Å². The Balaban J connectivity index is 1.74. The normalized spacial score (nSPS) is 14.8. The second-order valence-electron chi connectivity index (χ2n) is 13.4. The van der Waals surface area contributed by atoms with Crippen LogP contribution in [0.5, 0.6) is 0 Å². The van der Waals surface area contributed by atoms with Crippen molar-refractivity contribution in [3.63, 3.8) is 0 Å². The number of aromatic nitrogens is 1. The van der Waals surface area contributed by atoms with Crippen molar-refractivity contribution in [1.82, 2.24) is 26.3 Å². The maximum atomic E-state index is 13.6. The quantitative estimate of drug-likeness (QED) is 0.137. The molecule has 11 heteroatoms. The molecule has 0 aliphatic carbocycles. The molecule has 0 bridgehead atoms. The first kappa shape index (κ1) is 38.1. The van der Waals surface area contributed by atoms with Gasteiger partial charge in [0.15, 0.2) is 0 Å². The van der Waals surface area contributed by atoms with E-state index in [9.17, 15) is 29.4 Å². The number of nitrogens with zero attached hydrogens (tertiary/aromatic N) is 1. The van der Waals surface area contributed by atoms with E-state index in [1.54, 1.807) is 24.3 Å². The Hall–Kier alpha value is -4.35. The van der Waals surface area contributed by atoms with E-state index in [1.807, 2.05) is 77.1 Å². The summed E-state index contributed by atoms with van der Waals surface area (Å²) in [5, 5.41) is 33.8. The van der Waals surface area contributed by atoms with E-state index in [4.69, 9.17) is 0 Å². The molecule has 11 nitrogen and oxygen atoms in total. The molecule has 6 N–H and O–H groups in total. The van der Waals surface area contributed by atoms with Crippen LogP contribution >= 0.6 is 0 Å². The Labute approximate surface area is 283 Å². The summed E-state index contributed by atoms with van der Waals surface area (Å²) >= 11 is 0. The van der Waals surface area contributed by atoms with Crippen molar-refractivity contribution in [2.45, 2.75) is 97.6 Å². The van der Waals surface area contributed by atoms with Gasteiger partial charge < -0.3 is 31.5 Å². The van der Waals surface area contributed by atoms with Gasteiger partial charge in [0.25, 0.3) is 5.91 Å². The number of carbonyl (C=O) groups is 4. The number of para-hydroxylation sites is 1. The molecule has 0 saturated heterocycles. The smallest absolute Gasteiger partial charge is 0.270 e. The number of carbonyl (C=O) groups excluding carboxylic acids is 4. The van der Waals surface area contributed by atoms with Crippen LogP contribution in [0.25, 0.3) is 10.9 Å². The molecule has 0 aliphatic rings. The SMILES string of the molecule is CCC(CC)NC(=O)C[C@@H](C(=O)NC[C@@H](O)[C@H](Cc1ccccc1)NC(=O)[C@@H](NC(=O)c1ccc2ccccc2n1)[C@@H](C)O)C(C)(C)C. The summed E-state index contributed by atoms with van der Waals surface area (Å²) in [6, 6.07) is 17.6. The first-order valence-corrected chi connectivity index (χ1v) is 16.7. The van der Waals surface area contributed by atoms with Crippen molar-refractivity contribution in [2.75, 3.05) is 6.54 Å². The van der Waals surface area contributed by atoms with Gasteiger partial charge in [0.05, 0.1) is 29.7 Å². The lowest BCUT2D eigenvalue weighted by Gasteiger charge is -2.31. The molecule has 260 valence electrons. The molecule has 2 aromatic carbocycles. The second kappa shape index (κ2) is 17.7. The van der Waals surface area contributed by atoms with Gasteiger partial charge in [-0.15, -0.1) is 0 Å². The molecular formula is C37H51N5O6. The number of benzene rings is 2. The highest BCUT2D eigenvalue weighted by Crippen LogP contribution is 2.29. The molecule has 0 unspecified atom stereocenters. The van der Waals surface area contributed by atoms with E-state index in [-0.39, 0.29) is 42.9 Å². The van der Waals surface area contributed by atoms with E-state index < -0.39 is 47.4 Å². The Morgan fingerprint density at radius 1 is 0.812 bits per heavy atom. The van der Waals surface area contributed by atoms with Gasteiger partial charge in [-0.2, -0.15) is 0 Å². The highest BCUT2D eigenvalue weighted by atomic mass is 16.3. The Morgan fingerprint density at radius 2 is 1.46 bits per heavy atom. The third kappa shape index (κ3) is 11.1. The van der Waals surface area contributed by atoms with Crippen LogP contribution in [0.2, 0.25) is 0 Å². The van der Waals surface area contributed by atoms with E-state index in [1.165, 1.54) is 6.92 Å². The summed E-state index contributed by atoms with van der Waals surface area (Å²) < 4.78 is 0. The van der Waals surface area contributed by atoms with Crippen molar-refractivity contribution >= 4 is 34.5 Å². The number of hydrogen-bond donors (Lipinski definition) is 6. The molecule has 1 aromatic heterocycles. The highest BCUT2D eigenvalue weighted by molar-refractivity contribution is 5.98. The predicted molar refractivity (Wildman–Crippen MR) is 186 cm³/mol. The molecule has 5 atom stereocenters. The van der Waals surface area contributed by atoms with E-state index in [2.05, 4.69) is 26.3 Å². The molecule has 3 rings (SSSR count). The van der Waals surface area contributed by atoms with E-state index in [0.717, 1.165) is 23.8 Å². The van der Waals surface area contributed by atoms with Gasteiger partial charge >= 0.3 is 0 Å². The van der Waals surface area contributed by atoms with Crippen LogP contribution in [0.15, 0.2) is 66.7 Å². The summed E-state index contributed by atoms with van der Waals surface area (Å²) in [6.07, 6.45) is -0.748. The van der Waals surface area contributed by atoms with Crippen molar-refractivity contribution in [3.8, 4) is 0 Å². The van der Waals surface area contributed by atoms with Crippen molar-refractivity contribution in [1.29, 1.82) is 0 Å². The molecule has 0 aliphatic heterocycles. The first-order chi connectivity index (χ1) is 22.7. The zero-order chi connectivity index (χ0) is 35.4. The Morgan fingerprint density at radius 3 is 2.08 bits per heavy atom. The molecule has 0 radical (unpaired) electrons. The fraction of sp³-hybridized carbons (Fsp3) is 0.486. The topological polar surface area (TPSA) is 170 Å².